The predicted molar refractivity (Wildman–Crippen MR) is 54.9 cm³/mol. The summed E-state index contributed by atoms with van der Waals surface area (Å²) >= 11 is 1.61. The Morgan fingerprint density at radius 1 is 1.71 bits per heavy atom. The molecule has 14 heavy (non-hydrogen) atoms. The summed E-state index contributed by atoms with van der Waals surface area (Å²) in [5, 5.41) is 0. The molecule has 2 N–H and O–H groups in total. The van der Waals surface area contributed by atoms with Crippen LogP contribution in [0.25, 0.3) is 0 Å². The Labute approximate surface area is 86.7 Å². The topological polar surface area (TPSA) is 42.1 Å². The molecule has 0 spiro atoms. The average Bonchev–Trinajstić information content (AvgIpc) is 2.76. The first-order valence-electron chi connectivity index (χ1n) is 4.75. The maximum absolute atomic E-state index is 13.1. The van der Waals surface area contributed by atoms with Crippen molar-refractivity contribution < 1.29 is 4.39 Å². The summed E-state index contributed by atoms with van der Waals surface area (Å²) in [6.07, 6.45) is 1.70. The Morgan fingerprint density at radius 3 is 3.21 bits per heavy atom. The van der Waals surface area contributed by atoms with Gasteiger partial charge in [-0.05, 0) is 6.42 Å². The quantitative estimate of drug-likeness (QED) is 0.818. The number of likely N-dealkylation sites (tertiary alicyclic amines) is 1. The number of halogens is 1. The van der Waals surface area contributed by atoms with Crippen LogP contribution < -0.4 is 5.73 Å². The molecule has 1 aliphatic heterocycles. The number of hydrogen-bond donors (Lipinski definition) is 1. The fourth-order valence-electron chi connectivity index (χ4n) is 1.88. The second kappa shape index (κ2) is 4.33. The number of nitrogens with zero attached hydrogens (tertiary/aromatic N) is 2. The molecule has 2 heterocycles. The lowest BCUT2D eigenvalue weighted by atomic mass is 10.2. The molecule has 0 bridgehead atoms. The maximum Gasteiger partial charge on any atom is 0.114 e. The van der Waals surface area contributed by atoms with Crippen LogP contribution >= 0.6 is 11.3 Å². The van der Waals surface area contributed by atoms with Crippen molar-refractivity contribution in [1.29, 1.82) is 0 Å². The largest absolute Gasteiger partial charge is 0.329 e. The minimum absolute atomic E-state index is 0.201. The lowest BCUT2D eigenvalue weighted by molar-refractivity contribution is 0.240. The van der Waals surface area contributed by atoms with Crippen LogP contribution in [0.3, 0.4) is 0 Å². The zero-order chi connectivity index (χ0) is 9.97. The zero-order valence-electron chi connectivity index (χ0n) is 7.90. The van der Waals surface area contributed by atoms with E-state index in [0.29, 0.717) is 19.5 Å². The smallest absolute Gasteiger partial charge is 0.114 e. The third-order valence-electron chi connectivity index (χ3n) is 2.59. The number of nitrogens with two attached hydrogens (primary N) is 1. The lowest BCUT2D eigenvalue weighted by Gasteiger charge is -2.21. The van der Waals surface area contributed by atoms with Gasteiger partial charge in [0.05, 0.1) is 5.51 Å². The van der Waals surface area contributed by atoms with Crippen molar-refractivity contribution in [1.82, 2.24) is 9.88 Å². The molecule has 2 atom stereocenters. The summed E-state index contributed by atoms with van der Waals surface area (Å²) in [6.45, 7) is 1.84. The van der Waals surface area contributed by atoms with Gasteiger partial charge in [0.1, 0.15) is 6.17 Å². The summed E-state index contributed by atoms with van der Waals surface area (Å²) in [6, 6.07) is 0.201. The molecule has 0 aromatic carbocycles. The predicted octanol–water partition coefficient (Wildman–Crippen LogP) is 1.01. The van der Waals surface area contributed by atoms with Crippen LogP contribution in [0.5, 0.6) is 0 Å². The van der Waals surface area contributed by atoms with Gasteiger partial charge in [-0.3, -0.25) is 9.88 Å². The molecule has 1 aliphatic rings. The highest BCUT2D eigenvalue weighted by Crippen LogP contribution is 2.22. The number of hydrogen-bond acceptors (Lipinski definition) is 4. The Kier molecular flexibility index (Phi) is 3.10. The Morgan fingerprint density at radius 2 is 2.57 bits per heavy atom. The van der Waals surface area contributed by atoms with Crippen LogP contribution in [0.15, 0.2) is 11.7 Å². The third-order valence-corrected chi connectivity index (χ3v) is 3.36. The fraction of sp³-hybridized carbons (Fsp3) is 0.667. The first kappa shape index (κ1) is 10.0. The SMILES string of the molecule is NC[C@@H]1C[C@@H](F)CN1Cc1cncs1. The van der Waals surface area contributed by atoms with Crippen molar-refractivity contribution in [2.75, 3.05) is 13.1 Å². The van der Waals surface area contributed by atoms with Gasteiger partial charge in [0.25, 0.3) is 0 Å². The highest BCUT2D eigenvalue weighted by Gasteiger charge is 2.30. The molecule has 1 aromatic rings. The zero-order valence-corrected chi connectivity index (χ0v) is 8.71. The standard InChI is InChI=1S/C9H14FN3S/c10-7-1-8(2-11)13(4-7)5-9-3-12-6-14-9/h3,6-8H,1-2,4-5,11H2/t7-,8+/m1/s1. The van der Waals surface area contributed by atoms with E-state index in [2.05, 4.69) is 9.88 Å². The summed E-state index contributed by atoms with van der Waals surface area (Å²) in [7, 11) is 0. The number of aromatic nitrogens is 1. The van der Waals surface area contributed by atoms with Gasteiger partial charge >= 0.3 is 0 Å². The van der Waals surface area contributed by atoms with Crippen LogP contribution in [0.4, 0.5) is 4.39 Å². The second-order valence-electron chi connectivity index (χ2n) is 3.62. The summed E-state index contributed by atoms with van der Waals surface area (Å²) in [5.74, 6) is 0. The summed E-state index contributed by atoms with van der Waals surface area (Å²) in [4.78, 5) is 7.29. The Hall–Kier alpha value is -0.520. The van der Waals surface area contributed by atoms with Crippen LogP contribution in [0.1, 0.15) is 11.3 Å². The van der Waals surface area contributed by atoms with Gasteiger partial charge in [-0.15, -0.1) is 11.3 Å². The molecule has 0 saturated carbocycles. The lowest BCUT2D eigenvalue weighted by Crippen LogP contribution is -2.34. The maximum atomic E-state index is 13.1. The van der Waals surface area contributed by atoms with Crippen molar-refractivity contribution in [3.63, 3.8) is 0 Å². The van der Waals surface area contributed by atoms with Crippen LogP contribution in [0.2, 0.25) is 0 Å². The van der Waals surface area contributed by atoms with E-state index in [9.17, 15) is 4.39 Å². The molecule has 0 aliphatic carbocycles. The normalized spacial score (nSPS) is 28.4. The van der Waals surface area contributed by atoms with E-state index in [0.717, 1.165) is 6.54 Å². The van der Waals surface area contributed by atoms with Crippen LogP contribution in [0, 0.1) is 0 Å². The molecule has 1 aromatic heterocycles. The van der Waals surface area contributed by atoms with Crippen molar-refractivity contribution in [2.24, 2.45) is 5.73 Å². The first-order valence-corrected chi connectivity index (χ1v) is 5.63. The number of alkyl halides is 1. The van der Waals surface area contributed by atoms with Crippen LogP contribution in [-0.2, 0) is 6.54 Å². The van der Waals surface area contributed by atoms with Gasteiger partial charge < -0.3 is 5.73 Å². The fourth-order valence-corrected chi connectivity index (χ4v) is 2.50. The van der Waals surface area contributed by atoms with Gasteiger partial charge in [0, 0.05) is 36.8 Å². The molecule has 0 unspecified atom stereocenters. The molecule has 3 nitrogen and oxygen atoms in total. The van der Waals surface area contributed by atoms with Crippen molar-refractivity contribution >= 4 is 11.3 Å². The minimum Gasteiger partial charge on any atom is -0.329 e. The van der Waals surface area contributed by atoms with Crippen molar-refractivity contribution in [2.45, 2.75) is 25.2 Å². The van der Waals surface area contributed by atoms with E-state index in [1.165, 1.54) is 4.88 Å². The van der Waals surface area contributed by atoms with Gasteiger partial charge in [-0.1, -0.05) is 0 Å². The molecule has 1 fully saturated rings. The molecule has 0 amide bonds. The van der Waals surface area contributed by atoms with E-state index in [1.54, 1.807) is 16.8 Å². The molecular formula is C9H14FN3S. The van der Waals surface area contributed by atoms with Gasteiger partial charge in [0.2, 0.25) is 0 Å². The Bertz CT molecular complexity index is 278. The van der Waals surface area contributed by atoms with E-state index >= 15 is 0 Å². The van der Waals surface area contributed by atoms with Gasteiger partial charge in [-0.25, -0.2) is 4.39 Å². The molecule has 2 rings (SSSR count). The van der Waals surface area contributed by atoms with E-state index in [4.69, 9.17) is 5.73 Å². The van der Waals surface area contributed by atoms with E-state index in [1.807, 2.05) is 6.20 Å². The average molecular weight is 215 g/mol. The highest BCUT2D eigenvalue weighted by atomic mass is 32.1. The van der Waals surface area contributed by atoms with E-state index < -0.39 is 6.17 Å². The van der Waals surface area contributed by atoms with Crippen molar-refractivity contribution in [3.8, 4) is 0 Å². The number of rotatable bonds is 3. The second-order valence-corrected chi connectivity index (χ2v) is 4.59. The summed E-state index contributed by atoms with van der Waals surface area (Å²) in [5.41, 5.74) is 7.40. The highest BCUT2D eigenvalue weighted by molar-refractivity contribution is 7.09. The minimum atomic E-state index is -0.712. The third kappa shape index (κ3) is 2.10. The molecular weight excluding hydrogens is 201 g/mol. The molecule has 1 saturated heterocycles. The van der Waals surface area contributed by atoms with Crippen molar-refractivity contribution in [3.05, 3.63) is 16.6 Å². The number of thiazole rings is 1. The Balaban J connectivity index is 1.97. The summed E-state index contributed by atoms with van der Waals surface area (Å²) < 4.78 is 13.1. The monoisotopic (exact) mass is 215 g/mol. The van der Waals surface area contributed by atoms with Crippen LogP contribution in [-0.4, -0.2) is 35.2 Å². The van der Waals surface area contributed by atoms with Gasteiger partial charge in [-0.2, -0.15) is 0 Å². The first-order chi connectivity index (χ1) is 6.79. The van der Waals surface area contributed by atoms with Gasteiger partial charge in [0.15, 0.2) is 0 Å². The molecule has 0 radical (unpaired) electrons. The molecule has 78 valence electrons. The van der Waals surface area contributed by atoms with E-state index in [-0.39, 0.29) is 6.04 Å². The molecule has 5 heteroatoms.